The Balaban J connectivity index is 1.81. The van der Waals surface area contributed by atoms with E-state index in [0.29, 0.717) is 0 Å². The predicted octanol–water partition coefficient (Wildman–Crippen LogP) is 2.67. The number of benzene rings is 1. The number of nitrogens with two attached hydrogens (primary N) is 1. The van der Waals surface area contributed by atoms with Crippen LogP contribution in [-0.2, 0) is 11.2 Å². The second-order valence-corrected chi connectivity index (χ2v) is 5.57. The van der Waals surface area contributed by atoms with E-state index in [1.165, 1.54) is 5.39 Å². The van der Waals surface area contributed by atoms with Crippen LogP contribution in [0, 0.1) is 0 Å². The van der Waals surface area contributed by atoms with Crippen LogP contribution >= 0.6 is 0 Å². The van der Waals surface area contributed by atoms with Gasteiger partial charge in [-0.05, 0) is 31.9 Å². The molecule has 2 unspecified atom stereocenters. The van der Waals surface area contributed by atoms with Gasteiger partial charge < -0.3 is 10.5 Å². The average Bonchev–Trinajstić information content (AvgIpc) is 2.87. The molecule has 2 heterocycles. The van der Waals surface area contributed by atoms with Gasteiger partial charge >= 0.3 is 0 Å². The number of fused-ring (bicyclic) bond motifs is 1. The van der Waals surface area contributed by atoms with E-state index >= 15 is 0 Å². The molecule has 0 aliphatic carbocycles. The van der Waals surface area contributed by atoms with E-state index in [2.05, 4.69) is 30.1 Å². The minimum atomic E-state index is -0.187. The van der Waals surface area contributed by atoms with Crippen LogP contribution in [-0.4, -0.2) is 23.2 Å². The monoisotopic (exact) mass is 256 g/mol. The molecule has 3 nitrogen and oxygen atoms in total. The number of pyridine rings is 1. The van der Waals surface area contributed by atoms with E-state index in [-0.39, 0.29) is 11.6 Å². The molecule has 1 aromatic heterocycles. The van der Waals surface area contributed by atoms with Gasteiger partial charge in [-0.2, -0.15) is 0 Å². The van der Waals surface area contributed by atoms with Crippen molar-refractivity contribution in [1.29, 1.82) is 0 Å². The summed E-state index contributed by atoms with van der Waals surface area (Å²) in [7, 11) is 0. The van der Waals surface area contributed by atoms with Gasteiger partial charge in [-0.1, -0.05) is 24.3 Å². The zero-order valence-electron chi connectivity index (χ0n) is 11.3. The maximum atomic E-state index is 6.32. The van der Waals surface area contributed by atoms with Gasteiger partial charge in [-0.3, -0.25) is 4.98 Å². The summed E-state index contributed by atoms with van der Waals surface area (Å²) in [5, 5.41) is 1.17. The lowest BCUT2D eigenvalue weighted by molar-refractivity contribution is -0.00111. The van der Waals surface area contributed by atoms with Gasteiger partial charge in [0.2, 0.25) is 0 Å². The zero-order chi connectivity index (χ0) is 13.3. The Morgan fingerprint density at radius 3 is 2.95 bits per heavy atom. The number of nitrogens with zero attached hydrogens (tertiary/aromatic N) is 1. The number of ether oxygens (including phenoxy) is 1. The standard InChI is InChI=1S/C16H20N2O/c1-16(9-4-10-19-16)15(17)11-13-8-7-12-5-2-3-6-14(12)18-13/h2-3,5-8,15H,4,9-11,17H2,1H3. The minimum Gasteiger partial charge on any atom is -0.374 e. The Morgan fingerprint density at radius 1 is 1.32 bits per heavy atom. The number of hydrogen-bond acceptors (Lipinski definition) is 3. The Kier molecular flexibility index (Phi) is 3.25. The van der Waals surface area contributed by atoms with Crippen LogP contribution in [0.4, 0.5) is 0 Å². The molecular formula is C16H20N2O. The third-order valence-electron chi connectivity index (χ3n) is 4.12. The van der Waals surface area contributed by atoms with Crippen molar-refractivity contribution in [3.63, 3.8) is 0 Å². The molecule has 0 bridgehead atoms. The first-order valence-corrected chi connectivity index (χ1v) is 6.92. The van der Waals surface area contributed by atoms with Crippen molar-refractivity contribution < 1.29 is 4.74 Å². The molecule has 0 saturated carbocycles. The van der Waals surface area contributed by atoms with E-state index in [1.807, 2.05) is 18.2 Å². The van der Waals surface area contributed by atoms with Gasteiger partial charge in [0, 0.05) is 30.1 Å². The van der Waals surface area contributed by atoms with Crippen LogP contribution < -0.4 is 5.73 Å². The number of para-hydroxylation sites is 1. The van der Waals surface area contributed by atoms with Crippen LogP contribution in [0.1, 0.15) is 25.5 Å². The van der Waals surface area contributed by atoms with Gasteiger partial charge in [-0.15, -0.1) is 0 Å². The van der Waals surface area contributed by atoms with Crippen molar-refractivity contribution in [2.75, 3.05) is 6.61 Å². The summed E-state index contributed by atoms with van der Waals surface area (Å²) in [6, 6.07) is 12.3. The summed E-state index contributed by atoms with van der Waals surface area (Å²) in [5.74, 6) is 0. The van der Waals surface area contributed by atoms with Crippen LogP contribution in [0.15, 0.2) is 36.4 Å². The van der Waals surface area contributed by atoms with Crippen molar-refractivity contribution in [3.8, 4) is 0 Å². The summed E-state index contributed by atoms with van der Waals surface area (Å²) in [4.78, 5) is 4.68. The van der Waals surface area contributed by atoms with Crippen molar-refractivity contribution >= 4 is 10.9 Å². The largest absolute Gasteiger partial charge is 0.374 e. The predicted molar refractivity (Wildman–Crippen MR) is 77.0 cm³/mol. The second-order valence-electron chi connectivity index (χ2n) is 5.57. The smallest absolute Gasteiger partial charge is 0.0809 e. The Labute approximate surface area is 113 Å². The summed E-state index contributed by atoms with van der Waals surface area (Å²) in [6.07, 6.45) is 2.92. The zero-order valence-corrected chi connectivity index (χ0v) is 11.3. The molecule has 1 aliphatic rings. The maximum Gasteiger partial charge on any atom is 0.0809 e. The molecular weight excluding hydrogens is 236 g/mol. The van der Waals surface area contributed by atoms with E-state index in [0.717, 1.165) is 37.1 Å². The number of aromatic nitrogens is 1. The Bertz CT molecular complexity index is 576. The van der Waals surface area contributed by atoms with E-state index in [1.54, 1.807) is 0 Å². The van der Waals surface area contributed by atoms with Crippen molar-refractivity contribution in [3.05, 3.63) is 42.1 Å². The molecule has 1 aliphatic heterocycles. The number of hydrogen-bond donors (Lipinski definition) is 1. The molecule has 1 saturated heterocycles. The first-order chi connectivity index (χ1) is 9.17. The quantitative estimate of drug-likeness (QED) is 0.918. The van der Waals surface area contributed by atoms with Crippen molar-refractivity contribution in [2.45, 2.75) is 37.8 Å². The highest BCUT2D eigenvalue weighted by molar-refractivity contribution is 5.78. The minimum absolute atomic E-state index is 0.00339. The molecule has 100 valence electrons. The molecule has 0 amide bonds. The highest BCUT2D eigenvalue weighted by Crippen LogP contribution is 2.29. The summed E-state index contributed by atoms with van der Waals surface area (Å²) >= 11 is 0. The van der Waals surface area contributed by atoms with E-state index < -0.39 is 0 Å². The van der Waals surface area contributed by atoms with Crippen molar-refractivity contribution in [2.24, 2.45) is 5.73 Å². The van der Waals surface area contributed by atoms with Gasteiger partial charge in [-0.25, -0.2) is 0 Å². The Hall–Kier alpha value is -1.45. The molecule has 1 fully saturated rings. The Morgan fingerprint density at radius 2 is 2.16 bits per heavy atom. The van der Waals surface area contributed by atoms with Crippen molar-refractivity contribution in [1.82, 2.24) is 4.98 Å². The summed E-state index contributed by atoms with van der Waals surface area (Å²) in [6.45, 7) is 2.95. The van der Waals surface area contributed by atoms with Gasteiger partial charge in [0.05, 0.1) is 11.1 Å². The van der Waals surface area contributed by atoms with E-state index in [9.17, 15) is 0 Å². The fourth-order valence-corrected chi connectivity index (χ4v) is 2.76. The van der Waals surface area contributed by atoms with Gasteiger partial charge in [0.15, 0.2) is 0 Å². The molecule has 0 radical (unpaired) electrons. The third kappa shape index (κ3) is 2.48. The molecule has 2 aromatic rings. The molecule has 3 rings (SSSR count). The van der Waals surface area contributed by atoms with Crippen LogP contribution in [0.3, 0.4) is 0 Å². The van der Waals surface area contributed by atoms with Crippen LogP contribution in [0.5, 0.6) is 0 Å². The lowest BCUT2D eigenvalue weighted by Gasteiger charge is -2.30. The fourth-order valence-electron chi connectivity index (χ4n) is 2.76. The summed E-state index contributed by atoms with van der Waals surface area (Å²) < 4.78 is 5.81. The normalized spacial score (nSPS) is 24.7. The summed E-state index contributed by atoms with van der Waals surface area (Å²) in [5.41, 5.74) is 8.21. The fraction of sp³-hybridized carbons (Fsp3) is 0.438. The van der Waals surface area contributed by atoms with Gasteiger partial charge in [0.1, 0.15) is 0 Å². The first kappa shape index (κ1) is 12.6. The molecule has 1 aromatic carbocycles. The lowest BCUT2D eigenvalue weighted by Crippen LogP contribution is -2.46. The highest BCUT2D eigenvalue weighted by Gasteiger charge is 2.36. The SMILES string of the molecule is CC1(C(N)Cc2ccc3ccccc3n2)CCCO1. The van der Waals surface area contributed by atoms with E-state index in [4.69, 9.17) is 10.5 Å². The second kappa shape index (κ2) is 4.91. The maximum absolute atomic E-state index is 6.32. The average molecular weight is 256 g/mol. The highest BCUT2D eigenvalue weighted by atomic mass is 16.5. The molecule has 0 spiro atoms. The number of rotatable bonds is 3. The topological polar surface area (TPSA) is 48.1 Å². The van der Waals surface area contributed by atoms with Crippen LogP contribution in [0.25, 0.3) is 10.9 Å². The molecule has 2 atom stereocenters. The van der Waals surface area contributed by atoms with Gasteiger partial charge in [0.25, 0.3) is 0 Å². The third-order valence-corrected chi connectivity index (χ3v) is 4.12. The van der Waals surface area contributed by atoms with Crippen LogP contribution in [0.2, 0.25) is 0 Å². The lowest BCUT2D eigenvalue weighted by atomic mass is 9.90. The molecule has 19 heavy (non-hydrogen) atoms. The molecule has 3 heteroatoms. The first-order valence-electron chi connectivity index (χ1n) is 6.92. The molecule has 2 N–H and O–H groups in total.